The van der Waals surface area contributed by atoms with E-state index in [4.69, 9.17) is 14.6 Å². The molecule has 3 nitrogen and oxygen atoms in total. The Morgan fingerprint density at radius 3 is 2.71 bits per heavy atom. The number of para-hydroxylation sites is 1. The van der Waals surface area contributed by atoms with Gasteiger partial charge in [-0.1, -0.05) is 12.1 Å². The van der Waals surface area contributed by atoms with Crippen LogP contribution in [0.4, 0.5) is 0 Å². The highest BCUT2D eigenvalue weighted by molar-refractivity contribution is 9.10. The van der Waals surface area contributed by atoms with E-state index in [1.807, 2.05) is 36.4 Å². The highest BCUT2D eigenvalue weighted by atomic mass is 79.9. The molecule has 1 aromatic carbocycles. The predicted octanol–water partition coefficient (Wildman–Crippen LogP) is 3.84. The van der Waals surface area contributed by atoms with Crippen molar-refractivity contribution in [1.82, 2.24) is 0 Å². The summed E-state index contributed by atoms with van der Waals surface area (Å²) < 4.78 is 12.0. The van der Waals surface area contributed by atoms with E-state index in [0.29, 0.717) is 11.5 Å². The van der Waals surface area contributed by atoms with Gasteiger partial charge in [-0.05, 0) is 40.2 Å². The van der Waals surface area contributed by atoms with E-state index >= 15 is 0 Å². The molecule has 0 saturated heterocycles. The van der Waals surface area contributed by atoms with Crippen LogP contribution in [-0.2, 0) is 0 Å². The highest BCUT2D eigenvalue weighted by Gasteiger charge is 2.17. The molecule has 0 aliphatic rings. The molecule has 1 atom stereocenters. The van der Waals surface area contributed by atoms with Crippen LogP contribution in [0.2, 0.25) is 0 Å². The Bertz CT molecular complexity index is 643. The van der Waals surface area contributed by atoms with E-state index in [1.54, 1.807) is 6.26 Å². The normalized spacial score (nSPS) is 13.1. The number of nitrogens with two attached hydrogens (primary N) is 1. The van der Waals surface area contributed by atoms with E-state index in [9.17, 15) is 0 Å². The summed E-state index contributed by atoms with van der Waals surface area (Å²) in [5, 5.41) is 1.02. The van der Waals surface area contributed by atoms with Crippen molar-refractivity contribution in [3.63, 3.8) is 0 Å². The van der Waals surface area contributed by atoms with Gasteiger partial charge >= 0.3 is 0 Å². The Hall–Kier alpha value is -1.52. The van der Waals surface area contributed by atoms with Crippen LogP contribution in [0.25, 0.3) is 11.0 Å². The summed E-state index contributed by atoms with van der Waals surface area (Å²) >= 11 is 3.45. The van der Waals surface area contributed by atoms with Crippen LogP contribution in [0.3, 0.4) is 0 Å². The summed E-state index contributed by atoms with van der Waals surface area (Å²) in [5.74, 6) is 1.39. The van der Waals surface area contributed by atoms with Gasteiger partial charge in [0.05, 0.1) is 10.7 Å². The molecule has 2 N–H and O–H groups in total. The molecule has 0 radical (unpaired) electrons. The van der Waals surface area contributed by atoms with E-state index in [0.717, 1.165) is 15.4 Å². The molecule has 0 fully saturated rings. The molecule has 0 aliphatic carbocycles. The molecule has 2 aromatic heterocycles. The minimum Gasteiger partial charge on any atom is -0.467 e. The molecule has 3 rings (SSSR count). The van der Waals surface area contributed by atoms with Crippen LogP contribution >= 0.6 is 15.9 Å². The lowest BCUT2D eigenvalue weighted by Crippen LogP contribution is -2.09. The molecule has 4 heteroatoms. The number of hydrogen-bond acceptors (Lipinski definition) is 3. The van der Waals surface area contributed by atoms with Crippen LogP contribution < -0.4 is 5.73 Å². The maximum Gasteiger partial charge on any atom is 0.148 e. The van der Waals surface area contributed by atoms with Gasteiger partial charge in [-0.25, -0.2) is 0 Å². The van der Waals surface area contributed by atoms with Crippen molar-refractivity contribution in [1.29, 1.82) is 0 Å². The number of rotatable bonds is 2. The molecule has 0 bridgehead atoms. The van der Waals surface area contributed by atoms with Gasteiger partial charge in [0, 0.05) is 5.39 Å². The maximum absolute atomic E-state index is 6.07. The lowest BCUT2D eigenvalue weighted by molar-refractivity contribution is 0.445. The van der Waals surface area contributed by atoms with E-state index < -0.39 is 0 Å². The molecule has 1 unspecified atom stereocenters. The average molecular weight is 292 g/mol. The molecule has 17 heavy (non-hydrogen) atoms. The monoisotopic (exact) mass is 291 g/mol. The quantitative estimate of drug-likeness (QED) is 0.780. The van der Waals surface area contributed by atoms with Gasteiger partial charge in [0.1, 0.15) is 23.1 Å². The Labute approximate surface area is 106 Å². The maximum atomic E-state index is 6.07. The summed E-state index contributed by atoms with van der Waals surface area (Å²) in [6.45, 7) is 0. The standard InChI is InChI=1S/C13H10BrNO2/c14-9-4-1-3-8-7-11(17-13(8)9)12(15)10-5-2-6-16-10/h1-7,12H,15H2. The van der Waals surface area contributed by atoms with Crippen molar-refractivity contribution >= 4 is 26.9 Å². The topological polar surface area (TPSA) is 52.3 Å². The van der Waals surface area contributed by atoms with Gasteiger partial charge < -0.3 is 14.6 Å². The summed E-state index contributed by atoms with van der Waals surface area (Å²) in [5.41, 5.74) is 6.88. The van der Waals surface area contributed by atoms with Crippen molar-refractivity contribution in [3.05, 3.63) is 58.7 Å². The molecule has 86 valence electrons. The predicted molar refractivity (Wildman–Crippen MR) is 68.7 cm³/mol. The highest BCUT2D eigenvalue weighted by Crippen LogP contribution is 2.31. The van der Waals surface area contributed by atoms with Crippen molar-refractivity contribution < 1.29 is 8.83 Å². The molecular weight excluding hydrogens is 282 g/mol. The zero-order valence-corrected chi connectivity index (χ0v) is 10.5. The first-order chi connectivity index (χ1) is 8.25. The third-order valence-corrected chi connectivity index (χ3v) is 3.30. The second-order valence-electron chi connectivity index (χ2n) is 3.80. The molecule has 0 spiro atoms. The number of benzene rings is 1. The van der Waals surface area contributed by atoms with Gasteiger partial charge in [0.25, 0.3) is 0 Å². The van der Waals surface area contributed by atoms with E-state index in [-0.39, 0.29) is 6.04 Å². The molecule has 0 saturated carbocycles. The van der Waals surface area contributed by atoms with Gasteiger partial charge in [-0.15, -0.1) is 0 Å². The van der Waals surface area contributed by atoms with Crippen LogP contribution in [0, 0.1) is 0 Å². The lowest BCUT2D eigenvalue weighted by atomic mass is 10.1. The minimum atomic E-state index is -0.371. The van der Waals surface area contributed by atoms with Crippen molar-refractivity contribution in [2.24, 2.45) is 5.73 Å². The van der Waals surface area contributed by atoms with Crippen molar-refractivity contribution in [3.8, 4) is 0 Å². The SMILES string of the molecule is NC(c1ccco1)c1cc2cccc(Br)c2o1. The van der Waals surface area contributed by atoms with Gasteiger partial charge in [0.2, 0.25) is 0 Å². The first-order valence-corrected chi connectivity index (χ1v) is 6.02. The Morgan fingerprint density at radius 2 is 2.00 bits per heavy atom. The summed E-state index contributed by atoms with van der Waals surface area (Å²) in [4.78, 5) is 0. The van der Waals surface area contributed by atoms with Crippen LogP contribution in [-0.4, -0.2) is 0 Å². The number of furan rings is 2. The first kappa shape index (κ1) is 10.6. The molecule has 3 aromatic rings. The van der Waals surface area contributed by atoms with Gasteiger partial charge in [0.15, 0.2) is 0 Å². The summed E-state index contributed by atoms with van der Waals surface area (Å²) in [7, 11) is 0. The molecule has 0 amide bonds. The molecule has 0 aliphatic heterocycles. The molecule has 2 heterocycles. The third kappa shape index (κ3) is 1.79. The van der Waals surface area contributed by atoms with Crippen LogP contribution in [0.15, 0.2) is 56.0 Å². The number of fused-ring (bicyclic) bond motifs is 1. The van der Waals surface area contributed by atoms with Crippen molar-refractivity contribution in [2.75, 3.05) is 0 Å². The smallest absolute Gasteiger partial charge is 0.148 e. The number of hydrogen-bond donors (Lipinski definition) is 1. The lowest BCUT2D eigenvalue weighted by Gasteiger charge is -2.03. The Kier molecular flexibility index (Phi) is 2.53. The Morgan fingerprint density at radius 1 is 1.12 bits per heavy atom. The average Bonchev–Trinajstić information content (AvgIpc) is 2.98. The summed E-state index contributed by atoms with van der Waals surface area (Å²) in [6.07, 6.45) is 1.60. The fraction of sp³-hybridized carbons (Fsp3) is 0.0769. The fourth-order valence-electron chi connectivity index (χ4n) is 1.81. The van der Waals surface area contributed by atoms with Crippen molar-refractivity contribution in [2.45, 2.75) is 6.04 Å². The van der Waals surface area contributed by atoms with Crippen LogP contribution in [0.5, 0.6) is 0 Å². The zero-order chi connectivity index (χ0) is 11.8. The van der Waals surface area contributed by atoms with E-state index in [1.165, 1.54) is 0 Å². The van der Waals surface area contributed by atoms with Gasteiger partial charge in [-0.3, -0.25) is 0 Å². The largest absolute Gasteiger partial charge is 0.467 e. The minimum absolute atomic E-state index is 0.371. The zero-order valence-electron chi connectivity index (χ0n) is 8.89. The van der Waals surface area contributed by atoms with Crippen LogP contribution in [0.1, 0.15) is 17.6 Å². The second kappa shape index (κ2) is 4.05. The number of halogens is 1. The second-order valence-corrected chi connectivity index (χ2v) is 4.65. The van der Waals surface area contributed by atoms with E-state index in [2.05, 4.69) is 15.9 Å². The third-order valence-electron chi connectivity index (χ3n) is 2.67. The van der Waals surface area contributed by atoms with Gasteiger partial charge in [-0.2, -0.15) is 0 Å². The first-order valence-electron chi connectivity index (χ1n) is 5.22. The summed E-state index contributed by atoms with van der Waals surface area (Å²) in [6, 6.07) is 11.1. The molecular formula is C13H10BrNO2. The Balaban J connectivity index is 2.10. The fourth-order valence-corrected chi connectivity index (χ4v) is 2.27.